The highest BCUT2D eigenvalue weighted by molar-refractivity contribution is 5.81. The fourth-order valence-electron chi connectivity index (χ4n) is 0.994. The third kappa shape index (κ3) is 8.06. The van der Waals surface area contributed by atoms with Crippen molar-refractivity contribution in [3.8, 4) is 0 Å². The quantitative estimate of drug-likeness (QED) is 0.602. The van der Waals surface area contributed by atoms with E-state index >= 15 is 0 Å². The van der Waals surface area contributed by atoms with E-state index in [-0.39, 0.29) is 12.8 Å². The summed E-state index contributed by atoms with van der Waals surface area (Å²) in [5.74, 6) is -1.86. The average molecular weight is 248 g/mol. The van der Waals surface area contributed by atoms with Gasteiger partial charge in [-0.3, -0.25) is 4.79 Å². The normalized spacial score (nSPS) is 12.6. The van der Waals surface area contributed by atoms with Crippen molar-refractivity contribution in [1.29, 1.82) is 0 Å². The van der Waals surface area contributed by atoms with Gasteiger partial charge in [0.15, 0.2) is 0 Å². The van der Waals surface area contributed by atoms with Gasteiger partial charge in [-0.15, -0.1) is 0 Å². The summed E-state index contributed by atoms with van der Waals surface area (Å²) in [5, 5.41) is 11.0. The molecule has 0 aliphatic heterocycles. The highest BCUT2D eigenvalue weighted by atomic mass is 16.6. The van der Waals surface area contributed by atoms with Gasteiger partial charge in [0.25, 0.3) is 0 Å². The Balaban J connectivity index is 4.30. The van der Waals surface area contributed by atoms with Crippen LogP contribution in [0.15, 0.2) is 0 Å². The van der Waals surface area contributed by atoms with E-state index in [1.165, 1.54) is 0 Å². The fraction of sp³-hybridized carbons (Fsp3) is 0.700. The van der Waals surface area contributed by atoms with Gasteiger partial charge >= 0.3 is 12.1 Å². The summed E-state index contributed by atoms with van der Waals surface area (Å²) >= 11 is 0. The summed E-state index contributed by atoms with van der Waals surface area (Å²) < 4.78 is 4.90. The lowest BCUT2D eigenvalue weighted by atomic mass is 10.2. The zero-order chi connectivity index (χ0) is 13.6. The van der Waals surface area contributed by atoms with E-state index in [2.05, 4.69) is 5.32 Å². The Kier molecular flexibility index (Phi) is 5.43. The molecular weight excluding hydrogens is 230 g/mol. The number of carboxylic acids is 1. The number of primary amides is 1. The first-order valence-electron chi connectivity index (χ1n) is 5.12. The predicted molar refractivity (Wildman–Crippen MR) is 59.2 cm³/mol. The summed E-state index contributed by atoms with van der Waals surface area (Å²) in [6.45, 7) is 4.98. The Morgan fingerprint density at radius 2 is 1.88 bits per heavy atom. The molecule has 17 heavy (non-hydrogen) atoms. The van der Waals surface area contributed by atoms with Crippen molar-refractivity contribution in [2.45, 2.75) is 45.3 Å². The molecule has 0 aliphatic carbocycles. The van der Waals surface area contributed by atoms with Crippen LogP contribution in [0.2, 0.25) is 0 Å². The Morgan fingerprint density at radius 1 is 1.35 bits per heavy atom. The molecule has 0 unspecified atom stereocenters. The van der Waals surface area contributed by atoms with Crippen LogP contribution in [-0.2, 0) is 14.3 Å². The number of carboxylic acid groups (broad SMARTS) is 1. The molecule has 4 N–H and O–H groups in total. The van der Waals surface area contributed by atoms with Crippen LogP contribution in [0.5, 0.6) is 0 Å². The Morgan fingerprint density at radius 3 is 2.24 bits per heavy atom. The summed E-state index contributed by atoms with van der Waals surface area (Å²) in [6, 6.07) is -1.18. The van der Waals surface area contributed by atoms with Crippen LogP contribution >= 0.6 is 0 Å². The van der Waals surface area contributed by atoms with Crippen molar-refractivity contribution in [3.63, 3.8) is 0 Å². The highest BCUT2D eigenvalue weighted by Gasteiger charge is 2.23. The molecule has 0 aliphatic rings. The minimum atomic E-state index is -1.24. The third-order valence-electron chi connectivity index (χ3n) is 1.67. The first-order valence-corrected chi connectivity index (χ1v) is 5.12. The number of hydrogen-bond donors (Lipinski definition) is 3. The first-order chi connectivity index (χ1) is 7.61. The first kappa shape index (κ1) is 15.2. The number of alkyl carbamates (subject to hydrolysis) is 1. The van der Waals surface area contributed by atoms with Gasteiger partial charge in [0.05, 0.1) is 0 Å². The second kappa shape index (κ2) is 6.07. The highest BCUT2D eigenvalue weighted by Crippen LogP contribution is 2.07. The standard InChI is InChI=1S/C10H18N2O5/c1-10(2,3)17-9(16)12-6(8(14)15)4-5-7(11)13/h6H,4-5H2,1-3H3,(H2,11,13)(H,12,16)(H,14,15)/t6-/m0/s1/i11+1,12+1. The molecule has 0 saturated heterocycles. The molecular formula is C10H18N2O5. The van der Waals surface area contributed by atoms with Crippen molar-refractivity contribution >= 4 is 18.0 Å². The largest absolute Gasteiger partial charge is 0.480 e. The van der Waals surface area contributed by atoms with Crippen LogP contribution in [0.25, 0.3) is 0 Å². The predicted octanol–water partition coefficient (Wildman–Crippen LogP) is 0.230. The second-order valence-corrected chi connectivity index (χ2v) is 4.54. The maximum Gasteiger partial charge on any atom is 0.408 e. The fourth-order valence-corrected chi connectivity index (χ4v) is 0.994. The molecule has 0 radical (unpaired) electrons. The number of ether oxygens (including phenoxy) is 1. The molecule has 7 nitrogen and oxygen atoms in total. The van der Waals surface area contributed by atoms with Crippen molar-refractivity contribution in [2.75, 3.05) is 0 Å². The SMILES string of the molecule is CC(C)(C)OC(=O)[15NH][C@@H](CCC([15NH2])=O)C(=O)O. The van der Waals surface area contributed by atoms with Gasteiger partial charge in [0, 0.05) is 6.42 Å². The van der Waals surface area contributed by atoms with Crippen molar-refractivity contribution in [1.82, 2.24) is 5.32 Å². The van der Waals surface area contributed by atoms with E-state index < -0.39 is 29.6 Å². The molecule has 1 atom stereocenters. The van der Waals surface area contributed by atoms with Gasteiger partial charge < -0.3 is 20.9 Å². The molecule has 0 aromatic heterocycles. The Bertz CT molecular complexity index is 308. The van der Waals surface area contributed by atoms with Crippen molar-refractivity contribution in [2.24, 2.45) is 5.73 Å². The number of aliphatic carboxylic acids is 1. The lowest BCUT2D eigenvalue weighted by Gasteiger charge is -2.21. The van der Waals surface area contributed by atoms with E-state index in [1.54, 1.807) is 20.8 Å². The van der Waals surface area contributed by atoms with Crippen LogP contribution in [0.4, 0.5) is 4.79 Å². The summed E-state index contributed by atoms with van der Waals surface area (Å²) in [7, 11) is 0. The van der Waals surface area contributed by atoms with Gasteiger partial charge in [-0.1, -0.05) is 0 Å². The third-order valence-corrected chi connectivity index (χ3v) is 1.67. The van der Waals surface area contributed by atoms with E-state index in [0.717, 1.165) is 0 Å². The van der Waals surface area contributed by atoms with Crippen LogP contribution in [0.3, 0.4) is 0 Å². The lowest BCUT2D eigenvalue weighted by molar-refractivity contribution is -0.139. The molecule has 98 valence electrons. The molecule has 7 heteroatoms. The number of nitrogens with two attached hydrogens (primary N) is 1. The van der Waals surface area contributed by atoms with Crippen molar-refractivity contribution in [3.05, 3.63) is 0 Å². The van der Waals surface area contributed by atoms with Crippen LogP contribution in [0, 0.1) is 0 Å². The Hall–Kier alpha value is -1.79. The average Bonchev–Trinajstić information content (AvgIpc) is 2.08. The van der Waals surface area contributed by atoms with Gasteiger partial charge in [0.1, 0.15) is 11.6 Å². The molecule has 0 fully saturated rings. The number of rotatable bonds is 5. The maximum absolute atomic E-state index is 11.3. The van der Waals surface area contributed by atoms with E-state index in [1.807, 2.05) is 0 Å². The van der Waals surface area contributed by atoms with Crippen molar-refractivity contribution < 1.29 is 24.2 Å². The monoisotopic (exact) mass is 248 g/mol. The van der Waals surface area contributed by atoms with Gasteiger partial charge in [0.2, 0.25) is 5.91 Å². The Labute approximate surface area is 99.3 Å². The molecule has 0 bridgehead atoms. The maximum atomic E-state index is 11.3. The second-order valence-electron chi connectivity index (χ2n) is 4.54. The zero-order valence-electron chi connectivity index (χ0n) is 10.1. The summed E-state index contributed by atoms with van der Waals surface area (Å²) in [4.78, 5) is 32.6. The molecule has 2 amide bonds. The molecule has 0 spiro atoms. The molecule has 0 heterocycles. The number of carbonyl (C=O) groups is 3. The smallest absolute Gasteiger partial charge is 0.408 e. The number of hydrogen-bond acceptors (Lipinski definition) is 4. The van der Waals surface area contributed by atoms with Gasteiger partial charge in [-0.25, -0.2) is 9.59 Å². The zero-order valence-corrected chi connectivity index (χ0v) is 10.1. The molecule has 0 aromatic carbocycles. The molecule has 0 aromatic rings. The van der Waals surface area contributed by atoms with Crippen LogP contribution in [-0.4, -0.2) is 34.7 Å². The van der Waals surface area contributed by atoms with Crippen LogP contribution in [0.1, 0.15) is 33.6 Å². The van der Waals surface area contributed by atoms with Gasteiger partial charge in [-0.05, 0) is 27.2 Å². The summed E-state index contributed by atoms with van der Waals surface area (Å²) in [5.41, 5.74) is 4.19. The van der Waals surface area contributed by atoms with Crippen LogP contribution < -0.4 is 11.1 Å². The van der Waals surface area contributed by atoms with E-state index in [9.17, 15) is 14.4 Å². The minimum absolute atomic E-state index is 0.0656. The minimum Gasteiger partial charge on any atom is -0.480 e. The van der Waals surface area contributed by atoms with Gasteiger partial charge in [-0.2, -0.15) is 0 Å². The molecule has 0 rings (SSSR count). The topological polar surface area (TPSA) is 119 Å². The van der Waals surface area contributed by atoms with E-state index in [4.69, 9.17) is 15.6 Å². The van der Waals surface area contributed by atoms with E-state index in [0.29, 0.717) is 0 Å². The number of nitrogens with one attached hydrogen (secondary N) is 1. The number of carbonyl (C=O) groups excluding carboxylic acids is 2. The molecule has 0 saturated carbocycles. The number of amides is 2. The lowest BCUT2D eigenvalue weighted by Crippen LogP contribution is -2.43. The summed E-state index contributed by atoms with van der Waals surface area (Å²) in [6.07, 6.45) is -1.02.